The Morgan fingerprint density at radius 2 is 1.94 bits per heavy atom. The fraction of sp³-hybridized carbons (Fsp3) is 0.318. The fourth-order valence-corrected chi connectivity index (χ4v) is 3.77. The van der Waals surface area contributed by atoms with E-state index in [4.69, 9.17) is 4.42 Å². The van der Waals surface area contributed by atoms with E-state index in [1.807, 2.05) is 17.0 Å². The summed E-state index contributed by atoms with van der Waals surface area (Å²) in [6, 6.07) is 7.88. The van der Waals surface area contributed by atoms with Gasteiger partial charge in [0.25, 0.3) is 5.89 Å². The van der Waals surface area contributed by atoms with Gasteiger partial charge in [-0.1, -0.05) is 17.3 Å². The smallest absolute Gasteiger partial charge is 0.314 e. The highest BCUT2D eigenvalue weighted by Gasteiger charge is 2.22. The van der Waals surface area contributed by atoms with Crippen LogP contribution in [0.1, 0.15) is 29.9 Å². The molecular formula is C22H19F4N7O. The molecule has 0 radical (unpaired) electrons. The zero-order valence-electron chi connectivity index (χ0n) is 17.8. The Balaban J connectivity index is 1.25. The molecule has 1 atom stereocenters. The van der Waals surface area contributed by atoms with Crippen molar-refractivity contribution in [3.63, 3.8) is 0 Å². The second-order valence-corrected chi connectivity index (χ2v) is 8.03. The van der Waals surface area contributed by atoms with Crippen molar-refractivity contribution in [2.75, 3.05) is 13.1 Å². The molecule has 0 spiro atoms. The number of halogens is 4. The molecule has 1 aliphatic heterocycles. The van der Waals surface area contributed by atoms with Crippen molar-refractivity contribution in [1.29, 1.82) is 0 Å². The molecule has 176 valence electrons. The molecule has 34 heavy (non-hydrogen) atoms. The van der Waals surface area contributed by atoms with E-state index in [1.165, 1.54) is 16.8 Å². The van der Waals surface area contributed by atoms with Gasteiger partial charge in [0.05, 0.1) is 18.4 Å². The van der Waals surface area contributed by atoms with Gasteiger partial charge < -0.3 is 4.42 Å². The van der Waals surface area contributed by atoms with Crippen LogP contribution in [0.25, 0.3) is 22.8 Å². The lowest BCUT2D eigenvalue weighted by Gasteiger charge is -2.14. The Kier molecular flexibility index (Phi) is 6.05. The summed E-state index contributed by atoms with van der Waals surface area (Å²) in [6.45, 7) is 1.92. The molecule has 4 aromatic rings. The Morgan fingerprint density at radius 1 is 1.06 bits per heavy atom. The molecule has 0 bridgehead atoms. The van der Waals surface area contributed by atoms with Crippen molar-refractivity contribution >= 4 is 0 Å². The number of benzene rings is 1. The molecule has 1 saturated heterocycles. The molecule has 1 fully saturated rings. The number of hydrogen-bond acceptors (Lipinski definition) is 7. The lowest BCUT2D eigenvalue weighted by molar-refractivity contribution is 0.116. The first-order chi connectivity index (χ1) is 16.4. The molecule has 0 aliphatic carbocycles. The van der Waals surface area contributed by atoms with Crippen LogP contribution in [0, 0.1) is 5.82 Å². The molecule has 5 rings (SSSR count). The highest BCUT2D eigenvalue weighted by molar-refractivity contribution is 5.54. The molecule has 3 aromatic heterocycles. The number of rotatable bonds is 7. The lowest BCUT2D eigenvalue weighted by atomic mass is 10.1. The van der Waals surface area contributed by atoms with E-state index in [0.717, 1.165) is 18.2 Å². The van der Waals surface area contributed by atoms with Crippen LogP contribution in [0.2, 0.25) is 0 Å². The van der Waals surface area contributed by atoms with Gasteiger partial charge in [-0.2, -0.15) is 8.78 Å². The first kappa shape index (κ1) is 22.1. The second-order valence-electron chi connectivity index (χ2n) is 8.03. The van der Waals surface area contributed by atoms with Crippen molar-refractivity contribution in [2.24, 2.45) is 0 Å². The first-order valence-electron chi connectivity index (χ1n) is 10.6. The molecule has 1 aromatic carbocycles. The minimum atomic E-state index is -2.90. The van der Waals surface area contributed by atoms with E-state index in [2.05, 4.69) is 25.5 Å². The van der Waals surface area contributed by atoms with E-state index < -0.39 is 24.3 Å². The van der Waals surface area contributed by atoms with Gasteiger partial charge in [0, 0.05) is 37.0 Å². The fourth-order valence-electron chi connectivity index (χ4n) is 3.77. The third-order valence-corrected chi connectivity index (χ3v) is 5.51. The summed E-state index contributed by atoms with van der Waals surface area (Å²) in [4.78, 5) is 6.47. The maximum atomic E-state index is 14.6. The minimum absolute atomic E-state index is 0.0999. The van der Waals surface area contributed by atoms with Crippen LogP contribution < -0.4 is 0 Å². The standard InChI is InChI=1S/C22H19F4N7O/c23-16-5-6-32(11-16)9-13-1-4-18(27-8-13)19-12-33(31-28-19)10-15-3-2-14(7-17(15)24)21-29-30-22(34-21)20(25)26/h1-4,7-8,12,16,20H,5-6,9-11H2/t16-/m0/s1. The van der Waals surface area contributed by atoms with Crippen LogP contribution in [0.15, 0.2) is 47.1 Å². The van der Waals surface area contributed by atoms with Gasteiger partial charge in [-0.3, -0.25) is 9.88 Å². The monoisotopic (exact) mass is 473 g/mol. The number of alkyl halides is 3. The Morgan fingerprint density at radius 3 is 2.62 bits per heavy atom. The number of pyridine rings is 1. The van der Waals surface area contributed by atoms with Gasteiger partial charge in [-0.25, -0.2) is 13.5 Å². The van der Waals surface area contributed by atoms with Crippen LogP contribution in [-0.2, 0) is 13.1 Å². The Labute approximate surface area is 191 Å². The molecule has 4 heterocycles. The van der Waals surface area contributed by atoms with E-state index in [9.17, 15) is 17.6 Å². The van der Waals surface area contributed by atoms with Gasteiger partial charge in [0.15, 0.2) is 0 Å². The van der Waals surface area contributed by atoms with Crippen molar-refractivity contribution in [3.05, 3.63) is 65.6 Å². The zero-order valence-corrected chi connectivity index (χ0v) is 17.8. The van der Waals surface area contributed by atoms with Gasteiger partial charge in [0.1, 0.15) is 17.7 Å². The molecule has 12 heteroatoms. The quantitative estimate of drug-likeness (QED) is 0.374. The van der Waals surface area contributed by atoms with E-state index >= 15 is 0 Å². The molecule has 0 unspecified atom stereocenters. The summed E-state index contributed by atoms with van der Waals surface area (Å²) in [5.41, 5.74) is 2.63. The highest BCUT2D eigenvalue weighted by atomic mass is 19.3. The summed E-state index contributed by atoms with van der Waals surface area (Å²) in [7, 11) is 0. The normalized spacial score (nSPS) is 16.6. The first-order valence-corrected chi connectivity index (χ1v) is 10.6. The third kappa shape index (κ3) is 4.81. The maximum absolute atomic E-state index is 14.6. The summed E-state index contributed by atoms with van der Waals surface area (Å²) in [6.07, 6.45) is 0.285. The zero-order chi connectivity index (χ0) is 23.7. The summed E-state index contributed by atoms with van der Waals surface area (Å²) >= 11 is 0. The van der Waals surface area contributed by atoms with Crippen LogP contribution in [-0.4, -0.2) is 54.3 Å². The molecule has 8 nitrogen and oxygen atoms in total. The van der Waals surface area contributed by atoms with Crippen molar-refractivity contribution in [3.8, 4) is 22.8 Å². The topological polar surface area (TPSA) is 85.8 Å². The highest BCUT2D eigenvalue weighted by Crippen LogP contribution is 2.25. The molecular weight excluding hydrogens is 454 g/mol. The van der Waals surface area contributed by atoms with E-state index in [1.54, 1.807) is 12.4 Å². The third-order valence-electron chi connectivity index (χ3n) is 5.51. The van der Waals surface area contributed by atoms with Gasteiger partial charge in [-0.05, 0) is 30.2 Å². The van der Waals surface area contributed by atoms with Crippen LogP contribution in [0.4, 0.5) is 17.6 Å². The van der Waals surface area contributed by atoms with Crippen LogP contribution in [0.5, 0.6) is 0 Å². The lowest BCUT2D eigenvalue weighted by Crippen LogP contribution is -2.20. The predicted octanol–water partition coefficient (Wildman–Crippen LogP) is 4.06. The summed E-state index contributed by atoms with van der Waals surface area (Å²) in [5.74, 6) is -1.58. The van der Waals surface area contributed by atoms with Gasteiger partial charge >= 0.3 is 6.43 Å². The Hall–Kier alpha value is -3.67. The molecule has 1 aliphatic rings. The van der Waals surface area contributed by atoms with E-state index in [0.29, 0.717) is 36.5 Å². The SMILES string of the molecule is Fc1cc(-c2nnc(C(F)F)o2)ccc1Cn1cc(-c2ccc(CN3CC[C@H](F)C3)cn2)nn1. The average molecular weight is 473 g/mol. The Bertz CT molecular complexity index is 1270. The number of aromatic nitrogens is 6. The average Bonchev–Trinajstić information content (AvgIpc) is 3.57. The maximum Gasteiger partial charge on any atom is 0.314 e. The number of hydrogen-bond donors (Lipinski definition) is 0. The molecule has 0 N–H and O–H groups in total. The van der Waals surface area contributed by atoms with Crippen LogP contribution in [0.3, 0.4) is 0 Å². The summed E-state index contributed by atoms with van der Waals surface area (Å²) in [5, 5.41) is 14.9. The minimum Gasteiger partial charge on any atom is -0.415 e. The van der Waals surface area contributed by atoms with E-state index in [-0.39, 0.29) is 18.0 Å². The molecule has 0 saturated carbocycles. The van der Waals surface area contributed by atoms with Crippen molar-refractivity contribution in [2.45, 2.75) is 32.1 Å². The van der Waals surface area contributed by atoms with Crippen molar-refractivity contribution < 1.29 is 22.0 Å². The molecule has 0 amide bonds. The number of nitrogens with zero attached hydrogens (tertiary/aromatic N) is 7. The van der Waals surface area contributed by atoms with Crippen molar-refractivity contribution in [1.82, 2.24) is 35.1 Å². The van der Waals surface area contributed by atoms with Gasteiger partial charge in [0.2, 0.25) is 5.89 Å². The predicted molar refractivity (Wildman–Crippen MR) is 112 cm³/mol. The van der Waals surface area contributed by atoms with Gasteiger partial charge in [-0.15, -0.1) is 15.3 Å². The van der Waals surface area contributed by atoms with Crippen LogP contribution >= 0.6 is 0 Å². The summed E-state index contributed by atoms with van der Waals surface area (Å²) < 4.78 is 59.5. The number of likely N-dealkylation sites (tertiary alicyclic amines) is 1. The second kappa shape index (κ2) is 9.29. The largest absolute Gasteiger partial charge is 0.415 e.